The number of carbonyl (C=O) groups excluding carboxylic acids is 2. The number of hydrogen-bond acceptors (Lipinski definition) is 4. The Kier molecular flexibility index (Phi) is 6.87. The van der Waals surface area contributed by atoms with Crippen LogP contribution in [0.4, 0.5) is 10.1 Å². The maximum Gasteiger partial charge on any atom is 0.243 e. The fourth-order valence-electron chi connectivity index (χ4n) is 2.41. The molecule has 0 aliphatic heterocycles. The standard InChI is InChI=1S/C19H22FN3O4S/c1-14(24)22(2)12-15-5-4-6-17(11-15)21-19(25)13-23(3)28(26,27)18-9-7-16(20)8-10-18/h4-11H,12-13H2,1-3H3,(H,21,25). The highest BCUT2D eigenvalue weighted by molar-refractivity contribution is 7.89. The van der Waals surface area contributed by atoms with Gasteiger partial charge in [0.15, 0.2) is 0 Å². The Morgan fingerprint density at radius 2 is 1.71 bits per heavy atom. The molecular weight excluding hydrogens is 385 g/mol. The van der Waals surface area contributed by atoms with Crippen LogP contribution < -0.4 is 5.32 Å². The summed E-state index contributed by atoms with van der Waals surface area (Å²) in [5, 5.41) is 2.64. The molecule has 0 aromatic heterocycles. The number of carbonyl (C=O) groups is 2. The molecular formula is C19H22FN3O4S. The molecule has 0 unspecified atom stereocenters. The zero-order valence-electron chi connectivity index (χ0n) is 15.8. The molecule has 1 N–H and O–H groups in total. The van der Waals surface area contributed by atoms with Crippen LogP contribution in [0.3, 0.4) is 0 Å². The van der Waals surface area contributed by atoms with Crippen molar-refractivity contribution in [2.45, 2.75) is 18.4 Å². The lowest BCUT2D eigenvalue weighted by atomic mass is 10.2. The smallest absolute Gasteiger partial charge is 0.243 e. The largest absolute Gasteiger partial charge is 0.342 e. The van der Waals surface area contributed by atoms with Crippen molar-refractivity contribution in [2.24, 2.45) is 0 Å². The SMILES string of the molecule is CC(=O)N(C)Cc1cccc(NC(=O)CN(C)S(=O)(=O)c2ccc(F)cc2)c1. The van der Waals surface area contributed by atoms with E-state index in [-0.39, 0.29) is 10.8 Å². The second-order valence-corrected chi connectivity index (χ2v) is 8.38. The predicted molar refractivity (Wildman–Crippen MR) is 103 cm³/mol. The van der Waals surface area contributed by atoms with Crippen molar-refractivity contribution in [1.29, 1.82) is 0 Å². The van der Waals surface area contributed by atoms with Crippen molar-refractivity contribution in [3.05, 3.63) is 59.9 Å². The highest BCUT2D eigenvalue weighted by Gasteiger charge is 2.23. The van der Waals surface area contributed by atoms with Gasteiger partial charge in [-0.05, 0) is 42.0 Å². The van der Waals surface area contributed by atoms with Gasteiger partial charge in [0.25, 0.3) is 0 Å². The molecule has 0 heterocycles. The minimum absolute atomic E-state index is 0.0814. The van der Waals surface area contributed by atoms with Crippen LogP contribution in [0.25, 0.3) is 0 Å². The number of nitrogens with one attached hydrogen (secondary N) is 1. The average Bonchev–Trinajstić information content (AvgIpc) is 2.62. The third kappa shape index (κ3) is 5.61. The maximum absolute atomic E-state index is 13.0. The third-order valence-electron chi connectivity index (χ3n) is 4.06. The second kappa shape index (κ2) is 8.94. The van der Waals surface area contributed by atoms with Gasteiger partial charge in [-0.15, -0.1) is 0 Å². The van der Waals surface area contributed by atoms with Gasteiger partial charge in [0.05, 0.1) is 11.4 Å². The molecule has 0 atom stereocenters. The zero-order valence-corrected chi connectivity index (χ0v) is 16.7. The minimum Gasteiger partial charge on any atom is -0.342 e. The number of rotatable bonds is 7. The molecule has 150 valence electrons. The van der Waals surface area contributed by atoms with Crippen LogP contribution >= 0.6 is 0 Å². The molecule has 0 saturated heterocycles. The normalized spacial score (nSPS) is 11.3. The summed E-state index contributed by atoms with van der Waals surface area (Å²) < 4.78 is 38.8. The molecule has 2 amide bonds. The average molecular weight is 407 g/mol. The van der Waals surface area contributed by atoms with Gasteiger partial charge in [-0.25, -0.2) is 12.8 Å². The van der Waals surface area contributed by atoms with Crippen molar-refractivity contribution in [1.82, 2.24) is 9.21 Å². The van der Waals surface area contributed by atoms with Crippen LogP contribution in [0.15, 0.2) is 53.4 Å². The summed E-state index contributed by atoms with van der Waals surface area (Å²) in [4.78, 5) is 25.0. The van der Waals surface area contributed by atoms with E-state index in [1.165, 1.54) is 18.9 Å². The van der Waals surface area contributed by atoms with E-state index in [2.05, 4.69) is 5.32 Å². The number of sulfonamides is 1. The first-order valence-corrected chi connectivity index (χ1v) is 9.86. The van der Waals surface area contributed by atoms with Crippen molar-refractivity contribution in [3.63, 3.8) is 0 Å². The Bertz CT molecular complexity index is 961. The van der Waals surface area contributed by atoms with E-state index in [4.69, 9.17) is 0 Å². The summed E-state index contributed by atoms with van der Waals surface area (Å²) in [6.07, 6.45) is 0. The number of anilines is 1. The molecule has 0 aliphatic carbocycles. The number of halogens is 1. The number of benzene rings is 2. The maximum atomic E-state index is 13.0. The summed E-state index contributed by atoms with van der Waals surface area (Å²) in [6.45, 7) is 1.44. The van der Waals surface area contributed by atoms with Crippen LogP contribution in [0.5, 0.6) is 0 Å². The Hall–Kier alpha value is -2.78. The van der Waals surface area contributed by atoms with Gasteiger partial charge in [0.1, 0.15) is 5.82 Å². The molecule has 0 fully saturated rings. The fraction of sp³-hybridized carbons (Fsp3) is 0.263. The van der Waals surface area contributed by atoms with E-state index in [1.807, 2.05) is 6.07 Å². The molecule has 0 radical (unpaired) electrons. The molecule has 9 heteroatoms. The van der Waals surface area contributed by atoms with E-state index >= 15 is 0 Å². The molecule has 7 nitrogen and oxygen atoms in total. The Morgan fingerprint density at radius 3 is 2.32 bits per heavy atom. The quantitative estimate of drug-likeness (QED) is 0.761. The molecule has 2 aromatic carbocycles. The van der Waals surface area contributed by atoms with Crippen molar-refractivity contribution < 1.29 is 22.4 Å². The summed E-state index contributed by atoms with van der Waals surface area (Å²) in [5.74, 6) is -1.15. The van der Waals surface area contributed by atoms with Gasteiger partial charge in [-0.1, -0.05) is 12.1 Å². The Labute approximate surface area is 163 Å². The second-order valence-electron chi connectivity index (χ2n) is 6.34. The number of hydrogen-bond donors (Lipinski definition) is 1. The van der Waals surface area contributed by atoms with Gasteiger partial charge >= 0.3 is 0 Å². The first kappa shape index (κ1) is 21.5. The van der Waals surface area contributed by atoms with E-state index in [1.54, 1.807) is 25.2 Å². The third-order valence-corrected chi connectivity index (χ3v) is 5.87. The van der Waals surface area contributed by atoms with E-state index in [0.29, 0.717) is 12.2 Å². The van der Waals surface area contributed by atoms with Crippen LogP contribution in [-0.4, -0.2) is 50.1 Å². The Morgan fingerprint density at radius 1 is 1.07 bits per heavy atom. The van der Waals surface area contributed by atoms with E-state index in [9.17, 15) is 22.4 Å². The number of nitrogens with zero attached hydrogens (tertiary/aromatic N) is 2. The van der Waals surface area contributed by atoms with Gasteiger partial charge in [0, 0.05) is 33.3 Å². The van der Waals surface area contributed by atoms with E-state index in [0.717, 1.165) is 34.1 Å². The molecule has 2 aromatic rings. The number of amides is 2. The molecule has 0 bridgehead atoms. The van der Waals surface area contributed by atoms with Gasteiger partial charge in [-0.3, -0.25) is 9.59 Å². The highest BCUT2D eigenvalue weighted by Crippen LogP contribution is 2.16. The zero-order chi connectivity index (χ0) is 20.9. The first-order chi connectivity index (χ1) is 13.1. The summed E-state index contributed by atoms with van der Waals surface area (Å²) in [6, 6.07) is 11.3. The lowest BCUT2D eigenvalue weighted by molar-refractivity contribution is -0.128. The minimum atomic E-state index is -3.92. The number of likely N-dealkylation sites (N-methyl/N-ethyl adjacent to an activating group) is 1. The van der Waals surface area contributed by atoms with Crippen molar-refractivity contribution in [2.75, 3.05) is 26.0 Å². The van der Waals surface area contributed by atoms with Gasteiger partial charge in [-0.2, -0.15) is 4.31 Å². The summed E-state index contributed by atoms with van der Waals surface area (Å²) in [5.41, 5.74) is 1.31. The van der Waals surface area contributed by atoms with Crippen LogP contribution in [0.2, 0.25) is 0 Å². The predicted octanol–water partition coefficient (Wildman–Crippen LogP) is 2.06. The molecule has 28 heavy (non-hydrogen) atoms. The molecule has 0 aliphatic rings. The lowest BCUT2D eigenvalue weighted by Crippen LogP contribution is -2.35. The Balaban J connectivity index is 2.03. The first-order valence-electron chi connectivity index (χ1n) is 8.42. The summed E-state index contributed by atoms with van der Waals surface area (Å²) in [7, 11) is -0.971. The topological polar surface area (TPSA) is 86.8 Å². The fourth-order valence-corrected chi connectivity index (χ4v) is 3.53. The highest BCUT2D eigenvalue weighted by atomic mass is 32.2. The van der Waals surface area contributed by atoms with Crippen molar-refractivity contribution >= 4 is 27.5 Å². The monoisotopic (exact) mass is 407 g/mol. The van der Waals surface area contributed by atoms with E-state index < -0.39 is 28.3 Å². The molecule has 2 rings (SSSR count). The molecule has 0 saturated carbocycles. The van der Waals surface area contributed by atoms with Crippen LogP contribution in [0.1, 0.15) is 12.5 Å². The molecule has 0 spiro atoms. The van der Waals surface area contributed by atoms with Crippen LogP contribution in [-0.2, 0) is 26.2 Å². The van der Waals surface area contributed by atoms with Gasteiger partial charge in [0.2, 0.25) is 21.8 Å². The van der Waals surface area contributed by atoms with Crippen LogP contribution in [0, 0.1) is 5.82 Å². The lowest BCUT2D eigenvalue weighted by Gasteiger charge is -2.18. The summed E-state index contributed by atoms with van der Waals surface area (Å²) >= 11 is 0. The van der Waals surface area contributed by atoms with Crippen molar-refractivity contribution in [3.8, 4) is 0 Å². The van der Waals surface area contributed by atoms with Gasteiger partial charge < -0.3 is 10.2 Å².